The Labute approximate surface area is 152 Å². The number of aromatic nitrogens is 2. The molecular weight excluding hydrogens is 377 g/mol. The summed E-state index contributed by atoms with van der Waals surface area (Å²) in [4.78, 5) is 15.4. The van der Waals surface area contributed by atoms with E-state index in [4.69, 9.17) is 4.74 Å². The lowest BCUT2D eigenvalue weighted by Gasteiger charge is -2.23. The Morgan fingerprint density at radius 3 is 2.62 bits per heavy atom. The van der Waals surface area contributed by atoms with E-state index in [0.717, 1.165) is 6.54 Å². The van der Waals surface area contributed by atoms with Crippen LogP contribution in [-0.4, -0.2) is 48.4 Å². The van der Waals surface area contributed by atoms with E-state index in [0.29, 0.717) is 30.9 Å². The van der Waals surface area contributed by atoms with Crippen LogP contribution in [0.25, 0.3) is 11.4 Å². The first-order chi connectivity index (χ1) is 11.9. The highest BCUT2D eigenvalue weighted by atomic mass is 35.5. The fourth-order valence-electron chi connectivity index (χ4n) is 2.30. The van der Waals surface area contributed by atoms with Gasteiger partial charge < -0.3 is 19.9 Å². The van der Waals surface area contributed by atoms with Crippen molar-refractivity contribution in [2.75, 3.05) is 26.3 Å². The number of carbonyl (C=O) groups excluding carboxylic acids is 1. The zero-order valence-electron chi connectivity index (χ0n) is 13.4. The Morgan fingerprint density at radius 2 is 2.04 bits per heavy atom. The Balaban J connectivity index is 0.00000243. The molecular formula is C15H16ClF3N4O3. The maximum absolute atomic E-state index is 12.5. The van der Waals surface area contributed by atoms with Gasteiger partial charge in [0.05, 0.1) is 13.2 Å². The Hall–Kier alpha value is -2.17. The van der Waals surface area contributed by atoms with E-state index in [1.165, 1.54) is 24.3 Å². The van der Waals surface area contributed by atoms with E-state index in [1.54, 1.807) is 0 Å². The topological polar surface area (TPSA) is 89.3 Å². The third kappa shape index (κ3) is 4.93. The van der Waals surface area contributed by atoms with E-state index in [2.05, 4.69) is 25.3 Å². The molecule has 2 N–H and O–H groups in total. The summed E-state index contributed by atoms with van der Waals surface area (Å²) >= 11 is 0. The number of amides is 1. The first kappa shape index (κ1) is 20.1. The van der Waals surface area contributed by atoms with E-state index >= 15 is 0 Å². The molecule has 11 heteroatoms. The molecule has 0 unspecified atom stereocenters. The third-order valence-electron chi connectivity index (χ3n) is 3.58. The number of morpholine rings is 1. The van der Waals surface area contributed by atoms with Crippen LogP contribution in [0.5, 0.6) is 0 Å². The van der Waals surface area contributed by atoms with Crippen molar-refractivity contribution in [3.63, 3.8) is 0 Å². The predicted octanol–water partition coefficient (Wildman–Crippen LogP) is 1.90. The molecule has 26 heavy (non-hydrogen) atoms. The van der Waals surface area contributed by atoms with Gasteiger partial charge in [-0.2, -0.15) is 18.2 Å². The number of ether oxygens (including phenoxy) is 1. The lowest BCUT2D eigenvalue weighted by Crippen LogP contribution is -2.48. The molecule has 0 aliphatic carbocycles. The van der Waals surface area contributed by atoms with E-state index < -0.39 is 12.1 Å². The second kappa shape index (κ2) is 8.47. The van der Waals surface area contributed by atoms with Crippen LogP contribution in [0.3, 0.4) is 0 Å². The zero-order chi connectivity index (χ0) is 17.9. The summed E-state index contributed by atoms with van der Waals surface area (Å²) in [5.74, 6) is -1.89. The number of rotatable bonds is 4. The molecule has 0 bridgehead atoms. The van der Waals surface area contributed by atoms with Crippen molar-refractivity contribution >= 4 is 18.3 Å². The van der Waals surface area contributed by atoms with Gasteiger partial charge in [0.25, 0.3) is 5.91 Å². The van der Waals surface area contributed by atoms with Crippen molar-refractivity contribution < 1.29 is 27.2 Å². The summed E-state index contributed by atoms with van der Waals surface area (Å²) in [6, 6.07) is 5.94. The summed E-state index contributed by atoms with van der Waals surface area (Å²) in [5.41, 5.74) is 0.693. The lowest BCUT2D eigenvalue weighted by molar-refractivity contribution is -0.159. The minimum atomic E-state index is -4.69. The van der Waals surface area contributed by atoms with Crippen molar-refractivity contribution in [3.05, 3.63) is 35.7 Å². The number of nitrogens with one attached hydrogen (secondary N) is 2. The molecule has 2 aromatic rings. The smallest absolute Gasteiger partial charge is 0.378 e. The molecule has 1 saturated heterocycles. The second-order valence-corrected chi connectivity index (χ2v) is 5.43. The number of hydrogen-bond donors (Lipinski definition) is 2. The molecule has 142 valence electrons. The molecule has 1 aliphatic heterocycles. The molecule has 1 aliphatic rings. The van der Waals surface area contributed by atoms with E-state index in [-0.39, 0.29) is 30.2 Å². The van der Waals surface area contributed by atoms with Crippen molar-refractivity contribution in [2.24, 2.45) is 0 Å². The highest BCUT2D eigenvalue weighted by molar-refractivity contribution is 5.94. The summed E-state index contributed by atoms with van der Waals surface area (Å²) in [6.07, 6.45) is -4.69. The summed E-state index contributed by atoms with van der Waals surface area (Å²) in [7, 11) is 0. The van der Waals surface area contributed by atoms with Gasteiger partial charge in [-0.1, -0.05) is 17.3 Å². The van der Waals surface area contributed by atoms with Gasteiger partial charge in [-0.05, 0) is 12.1 Å². The Bertz CT molecular complexity index is 730. The van der Waals surface area contributed by atoms with Gasteiger partial charge in [0.2, 0.25) is 5.82 Å². The van der Waals surface area contributed by atoms with Gasteiger partial charge in [0, 0.05) is 30.3 Å². The average Bonchev–Trinajstić information content (AvgIpc) is 3.11. The van der Waals surface area contributed by atoms with Crippen molar-refractivity contribution in [3.8, 4) is 11.4 Å². The van der Waals surface area contributed by atoms with Gasteiger partial charge >= 0.3 is 12.1 Å². The van der Waals surface area contributed by atoms with Crippen molar-refractivity contribution in [1.29, 1.82) is 0 Å². The second-order valence-electron chi connectivity index (χ2n) is 5.43. The third-order valence-corrected chi connectivity index (χ3v) is 3.58. The number of nitrogens with zero attached hydrogens (tertiary/aromatic N) is 2. The minimum Gasteiger partial charge on any atom is -0.378 e. The van der Waals surface area contributed by atoms with Gasteiger partial charge in [-0.25, -0.2) is 0 Å². The largest absolute Gasteiger partial charge is 0.471 e. The van der Waals surface area contributed by atoms with Gasteiger partial charge in [0.15, 0.2) is 0 Å². The normalized spacial score (nSPS) is 17.4. The first-order valence-electron chi connectivity index (χ1n) is 7.54. The monoisotopic (exact) mass is 392 g/mol. The summed E-state index contributed by atoms with van der Waals surface area (Å²) < 4.78 is 46.9. The van der Waals surface area contributed by atoms with E-state index in [9.17, 15) is 18.0 Å². The molecule has 1 aromatic carbocycles. The standard InChI is InChI=1S/C15H15F3N4O3.ClH/c16-15(17,18)14-21-12(22-25-14)9-1-3-10(4-2-9)13(23)20-7-11-8-24-6-5-19-11;/h1-4,11,19H,5-8H2,(H,20,23);1H/t11-;/m0./s1. The molecule has 2 heterocycles. The fraction of sp³-hybridized carbons (Fsp3) is 0.400. The Morgan fingerprint density at radius 1 is 1.31 bits per heavy atom. The molecule has 1 aromatic heterocycles. The van der Waals surface area contributed by atoms with Crippen LogP contribution >= 0.6 is 12.4 Å². The quantitative estimate of drug-likeness (QED) is 0.826. The molecule has 0 spiro atoms. The van der Waals surface area contributed by atoms with Crippen LogP contribution in [-0.2, 0) is 10.9 Å². The summed E-state index contributed by atoms with van der Waals surface area (Å²) in [5, 5.41) is 9.28. The molecule has 1 fully saturated rings. The zero-order valence-corrected chi connectivity index (χ0v) is 14.2. The van der Waals surface area contributed by atoms with Crippen LogP contribution in [0.15, 0.2) is 28.8 Å². The molecule has 3 rings (SSSR count). The molecule has 1 atom stereocenters. The van der Waals surface area contributed by atoms with Crippen LogP contribution in [0.1, 0.15) is 16.2 Å². The molecule has 1 amide bonds. The van der Waals surface area contributed by atoms with Crippen LogP contribution in [0.4, 0.5) is 13.2 Å². The predicted molar refractivity (Wildman–Crippen MR) is 86.9 cm³/mol. The maximum atomic E-state index is 12.5. The maximum Gasteiger partial charge on any atom is 0.471 e. The molecule has 7 nitrogen and oxygen atoms in total. The van der Waals surface area contributed by atoms with Crippen LogP contribution in [0.2, 0.25) is 0 Å². The molecule has 0 saturated carbocycles. The summed E-state index contributed by atoms with van der Waals surface area (Å²) in [6.45, 7) is 2.33. The molecule has 0 radical (unpaired) electrons. The minimum absolute atomic E-state index is 0. The van der Waals surface area contributed by atoms with Crippen LogP contribution < -0.4 is 10.6 Å². The lowest BCUT2D eigenvalue weighted by atomic mass is 10.1. The fourth-order valence-corrected chi connectivity index (χ4v) is 2.30. The number of halogens is 4. The number of carbonyl (C=O) groups is 1. The number of benzene rings is 1. The number of hydrogen-bond acceptors (Lipinski definition) is 6. The van der Waals surface area contributed by atoms with Gasteiger partial charge in [-0.15, -0.1) is 12.4 Å². The van der Waals surface area contributed by atoms with Crippen LogP contribution in [0, 0.1) is 0 Å². The van der Waals surface area contributed by atoms with Gasteiger partial charge in [0.1, 0.15) is 0 Å². The van der Waals surface area contributed by atoms with Crippen molar-refractivity contribution in [2.45, 2.75) is 12.2 Å². The van der Waals surface area contributed by atoms with Gasteiger partial charge in [-0.3, -0.25) is 4.79 Å². The SMILES string of the molecule is Cl.O=C(NC[C@H]1COCCN1)c1ccc(-c2noc(C(F)(F)F)n2)cc1. The van der Waals surface area contributed by atoms with Crippen molar-refractivity contribution in [1.82, 2.24) is 20.8 Å². The Kier molecular flexibility index (Phi) is 6.57. The van der Waals surface area contributed by atoms with E-state index in [1.807, 2.05) is 0 Å². The average molecular weight is 393 g/mol. The number of alkyl halides is 3. The highest BCUT2D eigenvalue weighted by Gasteiger charge is 2.38. The first-order valence-corrected chi connectivity index (χ1v) is 7.54. The highest BCUT2D eigenvalue weighted by Crippen LogP contribution is 2.29.